The molecular weight excluding hydrogens is 585 g/mol. The Morgan fingerprint density at radius 2 is 1.80 bits per heavy atom. The number of nitrogens with zero attached hydrogens (tertiary/aromatic N) is 5. The number of thiophene rings is 1. The molecule has 1 atom stereocenters. The van der Waals surface area contributed by atoms with Crippen LogP contribution in [-0.4, -0.2) is 47.2 Å². The molecule has 3 heterocycles. The number of fused-ring (bicyclic) bond motifs is 1. The van der Waals surface area contributed by atoms with Crippen molar-refractivity contribution in [1.82, 2.24) is 24.1 Å². The zero-order chi connectivity index (χ0) is 31.9. The van der Waals surface area contributed by atoms with E-state index in [1.54, 1.807) is 26.8 Å². The Hall–Kier alpha value is -3.48. The molecule has 4 aromatic rings. The molecule has 44 heavy (non-hydrogen) atoms. The van der Waals surface area contributed by atoms with Crippen LogP contribution in [0.4, 0.5) is 4.39 Å². The van der Waals surface area contributed by atoms with Gasteiger partial charge in [0.2, 0.25) is 0 Å². The zero-order valence-electron chi connectivity index (χ0n) is 26.0. The normalized spacial score (nSPS) is 18.3. The van der Waals surface area contributed by atoms with E-state index in [1.807, 2.05) is 20.8 Å². The summed E-state index contributed by atoms with van der Waals surface area (Å²) in [5, 5.41) is 19.4. The fraction of sp³-hybridized carbons (Fsp3) is 0.531. The Morgan fingerprint density at radius 1 is 1.14 bits per heavy atom. The van der Waals surface area contributed by atoms with Crippen molar-refractivity contribution in [1.29, 1.82) is 0 Å². The summed E-state index contributed by atoms with van der Waals surface area (Å²) in [4.78, 5) is 44.0. The number of carbonyl (C=O) groups is 1. The molecule has 1 saturated carbocycles. The van der Waals surface area contributed by atoms with Crippen LogP contribution < -0.4 is 11.2 Å². The van der Waals surface area contributed by atoms with E-state index in [0.29, 0.717) is 52.0 Å². The molecule has 12 heteroatoms. The molecule has 0 amide bonds. The van der Waals surface area contributed by atoms with Gasteiger partial charge in [0.05, 0.1) is 36.5 Å². The lowest BCUT2D eigenvalue weighted by atomic mass is 9.91. The molecule has 0 unspecified atom stereocenters. The second-order valence-electron chi connectivity index (χ2n) is 12.7. The Kier molecular flexibility index (Phi) is 9.06. The van der Waals surface area contributed by atoms with E-state index in [2.05, 4.69) is 10.2 Å². The number of carbonyl (C=O) groups excluding carboxylic acids is 1. The van der Waals surface area contributed by atoms with Crippen molar-refractivity contribution in [2.24, 2.45) is 5.92 Å². The second-order valence-corrected chi connectivity index (χ2v) is 13.7. The van der Waals surface area contributed by atoms with Crippen molar-refractivity contribution in [3.63, 3.8) is 0 Å². The van der Waals surface area contributed by atoms with Gasteiger partial charge in [-0.2, -0.15) is 10.2 Å². The molecule has 1 aliphatic carbocycles. The SMILES string of the molecule is Cc1ccc(F)cc1[C@H](Cn1c(=O)n(C(C)(C)C(=O)CC(C)C)c(=O)c2c(C)c(-n3nccn3)sc21)OC1CCC(O)CC1. The van der Waals surface area contributed by atoms with E-state index in [0.717, 1.165) is 10.1 Å². The van der Waals surface area contributed by atoms with Crippen LogP contribution in [0, 0.1) is 25.6 Å². The van der Waals surface area contributed by atoms with Crippen LogP contribution in [0.25, 0.3) is 15.2 Å². The number of halogens is 1. The highest BCUT2D eigenvalue weighted by Crippen LogP contribution is 2.35. The number of aromatic nitrogens is 5. The van der Waals surface area contributed by atoms with Crippen LogP contribution in [-0.2, 0) is 21.6 Å². The van der Waals surface area contributed by atoms with Crippen LogP contribution in [0.15, 0.2) is 40.2 Å². The molecule has 1 aromatic carbocycles. The molecule has 0 bridgehead atoms. The lowest BCUT2D eigenvalue weighted by Crippen LogP contribution is -2.53. The second kappa shape index (κ2) is 12.5. The third-order valence-electron chi connectivity index (χ3n) is 8.56. The number of aryl methyl sites for hydroxylation is 2. The number of aliphatic hydroxyl groups excluding tert-OH is 1. The highest BCUT2D eigenvalue weighted by atomic mass is 32.1. The minimum Gasteiger partial charge on any atom is -0.393 e. The average Bonchev–Trinajstić information content (AvgIpc) is 3.60. The first-order valence-electron chi connectivity index (χ1n) is 15.1. The number of hydrogen-bond donors (Lipinski definition) is 1. The quantitative estimate of drug-likeness (QED) is 0.264. The van der Waals surface area contributed by atoms with E-state index >= 15 is 0 Å². The number of benzene rings is 1. The van der Waals surface area contributed by atoms with Crippen molar-refractivity contribution in [2.45, 2.75) is 104 Å². The van der Waals surface area contributed by atoms with Gasteiger partial charge in [0, 0.05) is 12.0 Å². The molecule has 3 aromatic heterocycles. The number of Topliss-reactive ketones (excluding diaryl/α,β-unsaturated/α-hetero) is 1. The standard InChI is InChI=1S/C32H40FN5O5S/c1-18(2)15-26(40)32(5,6)37-28(41)27-20(4)29(38-34-13-14-35-38)44-30(27)36(31(37)42)17-25(24-16-21(33)8-7-19(24)3)43-23-11-9-22(39)10-12-23/h7-8,13-14,16,18,22-23,25,39H,9-12,15,17H2,1-6H3/t22?,23?,25-/m0/s1. The minimum absolute atomic E-state index is 0.0284. The summed E-state index contributed by atoms with van der Waals surface area (Å²) in [5.74, 6) is -0.624. The lowest BCUT2D eigenvalue weighted by Gasteiger charge is -2.32. The minimum atomic E-state index is -1.43. The summed E-state index contributed by atoms with van der Waals surface area (Å²) in [6.45, 7) is 10.6. The summed E-state index contributed by atoms with van der Waals surface area (Å²) in [7, 11) is 0. The summed E-state index contributed by atoms with van der Waals surface area (Å²) in [6, 6.07) is 4.48. The summed E-state index contributed by atoms with van der Waals surface area (Å²) < 4.78 is 23.8. The van der Waals surface area contributed by atoms with E-state index in [1.165, 1.54) is 45.2 Å². The van der Waals surface area contributed by atoms with E-state index in [-0.39, 0.29) is 36.9 Å². The monoisotopic (exact) mass is 625 g/mol. The topological polar surface area (TPSA) is 121 Å². The highest BCUT2D eigenvalue weighted by molar-refractivity contribution is 7.21. The Labute approximate surface area is 259 Å². The fourth-order valence-corrected chi connectivity index (χ4v) is 7.22. The maximum Gasteiger partial charge on any atom is 0.333 e. The van der Waals surface area contributed by atoms with Gasteiger partial charge in [-0.3, -0.25) is 14.2 Å². The molecule has 0 spiro atoms. The number of rotatable bonds is 10. The molecule has 1 N–H and O–H groups in total. The van der Waals surface area contributed by atoms with E-state index in [4.69, 9.17) is 4.74 Å². The Balaban J connectivity index is 1.74. The Bertz CT molecular complexity index is 1780. The molecular formula is C32H40FN5O5S. The molecule has 1 aliphatic rings. The number of ether oxygens (including phenoxy) is 1. The Morgan fingerprint density at radius 3 is 2.43 bits per heavy atom. The van der Waals surface area contributed by atoms with E-state index < -0.39 is 28.7 Å². The maximum absolute atomic E-state index is 14.6. The van der Waals surface area contributed by atoms with Gasteiger partial charge in [0.15, 0.2) is 5.78 Å². The highest BCUT2D eigenvalue weighted by Gasteiger charge is 2.36. The summed E-state index contributed by atoms with van der Waals surface area (Å²) >= 11 is 1.21. The van der Waals surface area contributed by atoms with Crippen LogP contribution >= 0.6 is 11.3 Å². The molecule has 5 rings (SSSR count). The summed E-state index contributed by atoms with van der Waals surface area (Å²) in [5.41, 5.74) is -0.671. The number of aliphatic hydroxyl groups is 1. The van der Waals surface area contributed by atoms with Crippen molar-refractivity contribution < 1.29 is 19.0 Å². The number of hydrogen-bond acceptors (Lipinski definition) is 8. The molecule has 1 fully saturated rings. The number of ketones is 1. The predicted octanol–water partition coefficient (Wildman–Crippen LogP) is 4.97. The van der Waals surface area contributed by atoms with Crippen LogP contribution in [0.3, 0.4) is 0 Å². The third-order valence-corrected chi connectivity index (χ3v) is 9.84. The molecule has 10 nitrogen and oxygen atoms in total. The van der Waals surface area contributed by atoms with E-state index in [9.17, 15) is 23.9 Å². The maximum atomic E-state index is 14.6. The van der Waals surface area contributed by atoms with Crippen molar-refractivity contribution in [3.8, 4) is 5.00 Å². The zero-order valence-corrected chi connectivity index (χ0v) is 26.9. The van der Waals surface area contributed by atoms with Crippen molar-refractivity contribution >= 4 is 27.3 Å². The lowest BCUT2D eigenvalue weighted by molar-refractivity contribution is -0.127. The first-order chi connectivity index (χ1) is 20.8. The third kappa shape index (κ3) is 6.07. The van der Waals surface area contributed by atoms with Gasteiger partial charge in [0.1, 0.15) is 27.3 Å². The van der Waals surface area contributed by atoms with Crippen LogP contribution in [0.1, 0.15) is 82.6 Å². The van der Waals surface area contributed by atoms with Gasteiger partial charge in [-0.25, -0.2) is 13.8 Å². The smallest absolute Gasteiger partial charge is 0.333 e. The van der Waals surface area contributed by atoms with Crippen molar-refractivity contribution in [2.75, 3.05) is 0 Å². The molecule has 0 radical (unpaired) electrons. The summed E-state index contributed by atoms with van der Waals surface area (Å²) in [6.07, 6.45) is 4.34. The van der Waals surface area contributed by atoms with Gasteiger partial charge in [-0.05, 0) is 82.6 Å². The van der Waals surface area contributed by atoms with Gasteiger partial charge < -0.3 is 9.84 Å². The predicted molar refractivity (Wildman–Crippen MR) is 167 cm³/mol. The van der Waals surface area contributed by atoms with Crippen molar-refractivity contribution in [3.05, 3.63) is 73.9 Å². The van der Waals surface area contributed by atoms with Gasteiger partial charge in [-0.15, -0.1) is 4.80 Å². The van der Waals surface area contributed by atoms with Crippen LogP contribution in [0.5, 0.6) is 0 Å². The first-order valence-corrected chi connectivity index (χ1v) is 15.9. The fourth-order valence-electron chi connectivity index (χ4n) is 6.00. The largest absolute Gasteiger partial charge is 0.393 e. The van der Waals surface area contributed by atoms with Gasteiger partial charge >= 0.3 is 5.69 Å². The molecule has 0 aliphatic heterocycles. The average molecular weight is 626 g/mol. The first kappa shape index (κ1) is 31.9. The van der Waals surface area contributed by atoms with Gasteiger partial charge in [-0.1, -0.05) is 31.3 Å². The van der Waals surface area contributed by atoms with Crippen LogP contribution in [0.2, 0.25) is 0 Å². The van der Waals surface area contributed by atoms with Gasteiger partial charge in [0.25, 0.3) is 5.56 Å². The molecule has 236 valence electrons. The molecule has 0 saturated heterocycles.